The molecule has 0 spiro atoms. The number of fused-ring (bicyclic) bond motifs is 2. The molecule has 152 valence electrons. The van der Waals surface area contributed by atoms with E-state index in [9.17, 15) is 14.4 Å². The normalized spacial score (nSPS) is 11.0. The van der Waals surface area contributed by atoms with Gasteiger partial charge >= 0.3 is 17.7 Å². The van der Waals surface area contributed by atoms with Gasteiger partial charge in [0.05, 0.1) is 29.4 Å². The number of benzene rings is 2. The summed E-state index contributed by atoms with van der Waals surface area (Å²) in [5, 5.41) is 0.810. The smallest absolute Gasteiger partial charge is 0.420 e. The van der Waals surface area contributed by atoms with Gasteiger partial charge in [0.1, 0.15) is 13.2 Å². The zero-order chi connectivity index (χ0) is 21.3. The number of oxazole rings is 1. The minimum absolute atomic E-state index is 0.237. The molecule has 0 fully saturated rings. The molecule has 0 saturated heterocycles. The number of hydrogen-bond acceptors (Lipinski definition) is 7. The van der Waals surface area contributed by atoms with Crippen molar-refractivity contribution in [1.29, 1.82) is 0 Å². The van der Waals surface area contributed by atoms with Gasteiger partial charge in [-0.1, -0.05) is 30.3 Å². The van der Waals surface area contributed by atoms with Gasteiger partial charge in [0.15, 0.2) is 5.58 Å². The predicted molar refractivity (Wildman–Crippen MR) is 108 cm³/mol. The van der Waals surface area contributed by atoms with Crippen LogP contribution in [0.5, 0.6) is 0 Å². The van der Waals surface area contributed by atoms with Gasteiger partial charge in [-0.2, -0.15) is 0 Å². The first-order chi connectivity index (χ1) is 14.5. The standard InChI is InChI=1S/C22H18N2O6/c1-13-14-7-3-4-8-15(14)23-16(20(13)21(26)28-2)12-29-19(25)11-24-17-9-5-6-10-18(17)30-22(24)27/h3-10H,11-12H2,1-2H3. The van der Waals surface area contributed by atoms with E-state index in [0.717, 1.165) is 5.39 Å². The average molecular weight is 406 g/mol. The number of pyridine rings is 1. The summed E-state index contributed by atoms with van der Waals surface area (Å²) in [6.07, 6.45) is 0. The van der Waals surface area contributed by atoms with Gasteiger partial charge in [-0.05, 0) is 30.7 Å². The summed E-state index contributed by atoms with van der Waals surface area (Å²) in [6.45, 7) is 1.23. The van der Waals surface area contributed by atoms with Gasteiger partial charge in [0.2, 0.25) is 0 Å². The molecule has 0 bridgehead atoms. The highest BCUT2D eigenvalue weighted by atomic mass is 16.5. The fraction of sp³-hybridized carbons (Fsp3) is 0.182. The minimum Gasteiger partial charge on any atom is -0.465 e. The molecular weight excluding hydrogens is 388 g/mol. The lowest BCUT2D eigenvalue weighted by molar-refractivity contribution is -0.145. The molecule has 2 aromatic heterocycles. The summed E-state index contributed by atoms with van der Waals surface area (Å²) in [5.74, 6) is -1.87. The lowest BCUT2D eigenvalue weighted by Crippen LogP contribution is -2.22. The molecule has 4 rings (SSSR count). The Morgan fingerprint density at radius 2 is 1.83 bits per heavy atom. The Labute approximate surface area is 170 Å². The fourth-order valence-electron chi connectivity index (χ4n) is 3.41. The van der Waals surface area contributed by atoms with Crippen molar-refractivity contribution in [3.8, 4) is 0 Å². The van der Waals surface area contributed by atoms with E-state index in [-0.39, 0.29) is 24.4 Å². The van der Waals surface area contributed by atoms with E-state index < -0.39 is 17.7 Å². The topological polar surface area (TPSA) is 101 Å². The maximum Gasteiger partial charge on any atom is 0.420 e. The van der Waals surface area contributed by atoms with Crippen LogP contribution in [0, 0.1) is 6.92 Å². The van der Waals surface area contributed by atoms with Crippen molar-refractivity contribution < 1.29 is 23.5 Å². The Morgan fingerprint density at radius 3 is 2.63 bits per heavy atom. The van der Waals surface area contributed by atoms with Gasteiger partial charge in [-0.25, -0.2) is 14.6 Å². The number of para-hydroxylation sites is 3. The second-order valence-electron chi connectivity index (χ2n) is 6.65. The molecular formula is C22H18N2O6. The molecule has 0 atom stereocenters. The van der Waals surface area contributed by atoms with Crippen LogP contribution in [0.15, 0.2) is 57.7 Å². The summed E-state index contributed by atoms with van der Waals surface area (Å²) in [4.78, 5) is 41.3. The number of carbonyl (C=O) groups is 2. The molecule has 4 aromatic rings. The van der Waals surface area contributed by atoms with Gasteiger partial charge in [0.25, 0.3) is 0 Å². The summed E-state index contributed by atoms with van der Waals surface area (Å²) < 4.78 is 16.5. The Bertz CT molecular complexity index is 1330. The number of methoxy groups -OCH3 is 1. The second-order valence-corrected chi connectivity index (χ2v) is 6.65. The maximum absolute atomic E-state index is 12.4. The monoisotopic (exact) mass is 406 g/mol. The van der Waals surface area contributed by atoms with Crippen LogP contribution in [0.25, 0.3) is 22.0 Å². The maximum atomic E-state index is 12.4. The van der Waals surface area contributed by atoms with Crippen molar-refractivity contribution in [3.05, 3.63) is 75.9 Å². The highest BCUT2D eigenvalue weighted by Crippen LogP contribution is 2.24. The Morgan fingerprint density at radius 1 is 1.10 bits per heavy atom. The SMILES string of the molecule is COC(=O)c1c(COC(=O)Cn2c(=O)oc3ccccc32)nc2ccccc2c1C. The Balaban J connectivity index is 1.61. The number of hydrogen-bond donors (Lipinski definition) is 0. The van der Waals surface area contributed by atoms with Crippen molar-refractivity contribution in [2.24, 2.45) is 0 Å². The lowest BCUT2D eigenvalue weighted by atomic mass is 10.0. The molecule has 2 heterocycles. The van der Waals surface area contributed by atoms with E-state index in [2.05, 4.69) is 4.98 Å². The molecule has 0 aliphatic rings. The molecule has 0 radical (unpaired) electrons. The molecule has 8 heteroatoms. The Hall–Kier alpha value is -3.94. The number of carbonyl (C=O) groups excluding carboxylic acids is 2. The molecule has 2 aromatic carbocycles. The summed E-state index contributed by atoms with van der Waals surface area (Å²) >= 11 is 0. The van der Waals surface area contributed by atoms with Gasteiger partial charge in [-0.15, -0.1) is 0 Å². The number of aryl methyl sites for hydroxylation is 1. The summed E-state index contributed by atoms with van der Waals surface area (Å²) in [5.41, 5.74) is 2.79. The van der Waals surface area contributed by atoms with Crippen LogP contribution in [0.4, 0.5) is 0 Å². The quantitative estimate of drug-likeness (QED) is 0.470. The van der Waals surface area contributed by atoms with Gasteiger partial charge in [-0.3, -0.25) is 9.36 Å². The molecule has 0 unspecified atom stereocenters. The third kappa shape index (κ3) is 3.43. The van der Waals surface area contributed by atoms with Crippen LogP contribution in [0.3, 0.4) is 0 Å². The van der Waals surface area contributed by atoms with E-state index in [4.69, 9.17) is 13.9 Å². The number of rotatable bonds is 5. The van der Waals surface area contributed by atoms with Crippen molar-refractivity contribution in [2.45, 2.75) is 20.1 Å². The zero-order valence-corrected chi connectivity index (χ0v) is 16.4. The van der Waals surface area contributed by atoms with E-state index in [1.54, 1.807) is 31.2 Å². The van der Waals surface area contributed by atoms with E-state index in [1.165, 1.54) is 11.7 Å². The average Bonchev–Trinajstić information content (AvgIpc) is 3.07. The molecule has 30 heavy (non-hydrogen) atoms. The highest BCUT2D eigenvalue weighted by molar-refractivity contribution is 5.98. The first-order valence-electron chi connectivity index (χ1n) is 9.20. The predicted octanol–water partition coefficient (Wildman–Crippen LogP) is 2.98. The van der Waals surface area contributed by atoms with Crippen molar-refractivity contribution in [3.63, 3.8) is 0 Å². The van der Waals surface area contributed by atoms with Crippen LogP contribution in [-0.2, 0) is 27.4 Å². The van der Waals surface area contributed by atoms with Crippen LogP contribution < -0.4 is 5.76 Å². The minimum atomic E-state index is -0.660. The third-order valence-corrected chi connectivity index (χ3v) is 4.85. The van der Waals surface area contributed by atoms with Crippen LogP contribution in [0.1, 0.15) is 21.6 Å². The van der Waals surface area contributed by atoms with Crippen molar-refractivity contribution in [1.82, 2.24) is 9.55 Å². The number of esters is 2. The van der Waals surface area contributed by atoms with Crippen LogP contribution in [0.2, 0.25) is 0 Å². The second kappa shape index (κ2) is 7.82. The molecule has 0 N–H and O–H groups in total. The Kier molecular flexibility index (Phi) is 5.05. The summed E-state index contributed by atoms with van der Waals surface area (Å²) in [6, 6.07) is 14.1. The zero-order valence-electron chi connectivity index (χ0n) is 16.4. The first kappa shape index (κ1) is 19.4. The third-order valence-electron chi connectivity index (χ3n) is 4.85. The van der Waals surface area contributed by atoms with E-state index in [1.807, 2.05) is 24.3 Å². The van der Waals surface area contributed by atoms with Crippen LogP contribution in [-0.4, -0.2) is 28.6 Å². The fourth-order valence-corrected chi connectivity index (χ4v) is 3.41. The van der Waals surface area contributed by atoms with Crippen LogP contribution >= 0.6 is 0 Å². The number of nitrogens with zero attached hydrogens (tertiary/aromatic N) is 2. The van der Waals surface area contributed by atoms with Crippen molar-refractivity contribution in [2.75, 3.05) is 7.11 Å². The molecule has 0 saturated carbocycles. The number of aromatic nitrogens is 2. The molecule has 0 amide bonds. The molecule has 0 aliphatic heterocycles. The highest BCUT2D eigenvalue weighted by Gasteiger charge is 2.21. The molecule has 0 aliphatic carbocycles. The van der Waals surface area contributed by atoms with E-state index >= 15 is 0 Å². The van der Waals surface area contributed by atoms with Crippen molar-refractivity contribution >= 4 is 33.9 Å². The summed E-state index contributed by atoms with van der Waals surface area (Å²) in [7, 11) is 1.28. The van der Waals surface area contributed by atoms with E-state index in [0.29, 0.717) is 22.2 Å². The number of ether oxygens (including phenoxy) is 2. The first-order valence-corrected chi connectivity index (χ1v) is 9.20. The lowest BCUT2D eigenvalue weighted by Gasteiger charge is -2.13. The van der Waals surface area contributed by atoms with Gasteiger partial charge in [0, 0.05) is 5.39 Å². The largest absolute Gasteiger partial charge is 0.465 e. The van der Waals surface area contributed by atoms with Gasteiger partial charge < -0.3 is 13.9 Å². The molecule has 8 nitrogen and oxygen atoms in total.